The first-order valence-corrected chi connectivity index (χ1v) is 5.91. The number of aliphatic hydroxyl groups excluding tert-OH is 1. The van der Waals surface area contributed by atoms with Gasteiger partial charge in [0.15, 0.2) is 0 Å². The lowest BCUT2D eigenvalue weighted by molar-refractivity contribution is 0.281. The largest absolute Gasteiger partial charge is 0.457 e. The Morgan fingerprint density at radius 2 is 1.89 bits per heavy atom. The molecule has 0 aliphatic carbocycles. The second kappa shape index (κ2) is 5.29. The minimum Gasteiger partial charge on any atom is -0.457 e. The molecule has 0 amide bonds. The Morgan fingerprint density at radius 3 is 2.50 bits per heavy atom. The van der Waals surface area contributed by atoms with Crippen LogP contribution >= 0.6 is 11.6 Å². The zero-order valence-corrected chi connectivity index (χ0v) is 10.7. The molecule has 0 aliphatic rings. The number of anilines is 1. The van der Waals surface area contributed by atoms with E-state index in [1.54, 1.807) is 24.3 Å². The molecule has 0 spiro atoms. The number of benzene rings is 2. The molecule has 2 aromatic carbocycles. The number of nitrogens with two attached hydrogens (primary N) is 1. The van der Waals surface area contributed by atoms with Crippen LogP contribution in [-0.4, -0.2) is 5.11 Å². The highest BCUT2D eigenvalue weighted by Gasteiger charge is 2.06. The highest BCUT2D eigenvalue weighted by molar-refractivity contribution is 6.33. The number of nitrogen functional groups attached to an aromatic ring is 1. The summed E-state index contributed by atoms with van der Waals surface area (Å²) in [7, 11) is 0. The molecule has 4 heteroatoms. The van der Waals surface area contributed by atoms with Gasteiger partial charge in [-0.05, 0) is 36.2 Å². The van der Waals surface area contributed by atoms with Crippen molar-refractivity contribution >= 4 is 17.3 Å². The van der Waals surface area contributed by atoms with Gasteiger partial charge in [0.2, 0.25) is 0 Å². The lowest BCUT2D eigenvalue weighted by Gasteiger charge is -2.10. The van der Waals surface area contributed by atoms with Crippen LogP contribution in [0, 0.1) is 6.92 Å². The SMILES string of the molecule is Cc1cc(N)c(Cl)cc1Oc1ccc(CO)cc1. The normalized spacial score (nSPS) is 10.4. The van der Waals surface area contributed by atoms with Crippen molar-refractivity contribution in [2.45, 2.75) is 13.5 Å². The third kappa shape index (κ3) is 2.75. The first kappa shape index (κ1) is 12.7. The number of aliphatic hydroxyl groups is 1. The van der Waals surface area contributed by atoms with Crippen molar-refractivity contribution < 1.29 is 9.84 Å². The Hall–Kier alpha value is -1.71. The lowest BCUT2D eigenvalue weighted by atomic mass is 10.2. The van der Waals surface area contributed by atoms with Crippen LogP contribution in [0.25, 0.3) is 0 Å². The molecule has 0 bridgehead atoms. The van der Waals surface area contributed by atoms with Crippen LogP contribution in [0.15, 0.2) is 36.4 Å². The van der Waals surface area contributed by atoms with Crippen LogP contribution in [-0.2, 0) is 6.61 Å². The summed E-state index contributed by atoms with van der Waals surface area (Å²) >= 11 is 5.96. The van der Waals surface area contributed by atoms with Gasteiger partial charge in [-0.1, -0.05) is 23.7 Å². The van der Waals surface area contributed by atoms with Crippen molar-refractivity contribution in [1.82, 2.24) is 0 Å². The Labute approximate surface area is 111 Å². The quantitative estimate of drug-likeness (QED) is 0.833. The maximum Gasteiger partial charge on any atom is 0.131 e. The zero-order chi connectivity index (χ0) is 13.1. The van der Waals surface area contributed by atoms with E-state index in [9.17, 15) is 0 Å². The number of hydrogen-bond acceptors (Lipinski definition) is 3. The smallest absolute Gasteiger partial charge is 0.131 e. The molecular formula is C14H14ClNO2. The summed E-state index contributed by atoms with van der Waals surface area (Å²) < 4.78 is 5.72. The van der Waals surface area contributed by atoms with Crippen LogP contribution in [0.1, 0.15) is 11.1 Å². The van der Waals surface area contributed by atoms with E-state index in [-0.39, 0.29) is 6.61 Å². The number of halogens is 1. The van der Waals surface area contributed by atoms with Gasteiger partial charge in [0.1, 0.15) is 11.5 Å². The fraction of sp³-hybridized carbons (Fsp3) is 0.143. The van der Waals surface area contributed by atoms with Crippen molar-refractivity contribution in [1.29, 1.82) is 0 Å². The average molecular weight is 264 g/mol. The highest BCUT2D eigenvalue weighted by atomic mass is 35.5. The third-order valence-corrected chi connectivity index (χ3v) is 2.96. The molecule has 18 heavy (non-hydrogen) atoms. The van der Waals surface area contributed by atoms with Gasteiger partial charge in [-0.3, -0.25) is 0 Å². The van der Waals surface area contributed by atoms with Crippen LogP contribution < -0.4 is 10.5 Å². The van der Waals surface area contributed by atoms with Crippen molar-refractivity contribution in [2.24, 2.45) is 0 Å². The molecule has 94 valence electrons. The third-order valence-electron chi connectivity index (χ3n) is 2.63. The Kier molecular flexibility index (Phi) is 3.75. The molecule has 3 nitrogen and oxygen atoms in total. The van der Waals surface area contributed by atoms with E-state index >= 15 is 0 Å². The van der Waals surface area contributed by atoms with E-state index in [0.29, 0.717) is 22.2 Å². The van der Waals surface area contributed by atoms with E-state index in [1.807, 2.05) is 19.1 Å². The molecule has 0 saturated carbocycles. The number of hydrogen-bond donors (Lipinski definition) is 2. The monoisotopic (exact) mass is 263 g/mol. The van der Waals surface area contributed by atoms with Gasteiger partial charge in [-0.25, -0.2) is 0 Å². The van der Waals surface area contributed by atoms with E-state index in [2.05, 4.69) is 0 Å². The lowest BCUT2D eigenvalue weighted by Crippen LogP contribution is -1.92. The van der Waals surface area contributed by atoms with Gasteiger partial charge in [-0.2, -0.15) is 0 Å². The van der Waals surface area contributed by atoms with Crippen LogP contribution in [0.2, 0.25) is 5.02 Å². The molecular weight excluding hydrogens is 250 g/mol. The van der Waals surface area contributed by atoms with Crippen LogP contribution in [0.3, 0.4) is 0 Å². The zero-order valence-electron chi connectivity index (χ0n) is 9.98. The van der Waals surface area contributed by atoms with Gasteiger partial charge in [-0.15, -0.1) is 0 Å². The van der Waals surface area contributed by atoms with Crippen LogP contribution in [0.4, 0.5) is 5.69 Å². The Bertz CT molecular complexity index is 552. The Balaban J connectivity index is 2.25. The summed E-state index contributed by atoms with van der Waals surface area (Å²) in [5, 5.41) is 9.43. The van der Waals surface area contributed by atoms with Crippen molar-refractivity contribution in [3.63, 3.8) is 0 Å². The molecule has 0 unspecified atom stereocenters. The first-order chi connectivity index (χ1) is 8.60. The Morgan fingerprint density at radius 1 is 1.22 bits per heavy atom. The number of rotatable bonds is 3. The maximum absolute atomic E-state index is 8.96. The predicted molar refractivity (Wildman–Crippen MR) is 73.0 cm³/mol. The molecule has 0 atom stereocenters. The summed E-state index contributed by atoms with van der Waals surface area (Å²) in [5.41, 5.74) is 8.01. The summed E-state index contributed by atoms with van der Waals surface area (Å²) in [6.45, 7) is 1.93. The fourth-order valence-electron chi connectivity index (χ4n) is 1.59. The minimum atomic E-state index is 0.0208. The first-order valence-electron chi connectivity index (χ1n) is 5.53. The second-order valence-corrected chi connectivity index (χ2v) is 4.45. The average Bonchev–Trinajstić information content (AvgIpc) is 2.37. The maximum atomic E-state index is 8.96. The molecule has 0 aliphatic heterocycles. The van der Waals surface area contributed by atoms with Gasteiger partial charge >= 0.3 is 0 Å². The van der Waals surface area contributed by atoms with E-state index in [1.165, 1.54) is 0 Å². The van der Waals surface area contributed by atoms with Gasteiger partial charge in [0.25, 0.3) is 0 Å². The number of aryl methyl sites for hydroxylation is 1. The molecule has 0 saturated heterocycles. The van der Waals surface area contributed by atoms with Gasteiger partial charge in [0, 0.05) is 6.07 Å². The predicted octanol–water partition coefficient (Wildman–Crippen LogP) is 3.52. The molecule has 0 aromatic heterocycles. The summed E-state index contributed by atoms with van der Waals surface area (Å²) in [6, 6.07) is 10.7. The van der Waals surface area contributed by atoms with E-state index in [0.717, 1.165) is 11.1 Å². The van der Waals surface area contributed by atoms with Crippen molar-refractivity contribution in [2.75, 3.05) is 5.73 Å². The van der Waals surface area contributed by atoms with Crippen molar-refractivity contribution in [3.05, 3.63) is 52.5 Å². The molecule has 0 fully saturated rings. The fourth-order valence-corrected chi connectivity index (χ4v) is 1.74. The molecule has 3 N–H and O–H groups in total. The van der Waals surface area contributed by atoms with Crippen molar-refractivity contribution in [3.8, 4) is 11.5 Å². The van der Waals surface area contributed by atoms with Crippen LogP contribution in [0.5, 0.6) is 11.5 Å². The highest BCUT2D eigenvalue weighted by Crippen LogP contribution is 2.31. The molecule has 2 aromatic rings. The number of ether oxygens (including phenoxy) is 1. The minimum absolute atomic E-state index is 0.0208. The molecule has 0 radical (unpaired) electrons. The second-order valence-electron chi connectivity index (χ2n) is 4.04. The topological polar surface area (TPSA) is 55.5 Å². The summed E-state index contributed by atoms with van der Waals surface area (Å²) in [4.78, 5) is 0. The van der Waals surface area contributed by atoms with E-state index in [4.69, 9.17) is 27.2 Å². The van der Waals surface area contributed by atoms with Gasteiger partial charge in [0.05, 0.1) is 17.3 Å². The van der Waals surface area contributed by atoms with Gasteiger partial charge < -0.3 is 15.6 Å². The van der Waals surface area contributed by atoms with E-state index < -0.39 is 0 Å². The standard InChI is InChI=1S/C14H14ClNO2/c1-9-6-13(16)12(15)7-14(9)18-11-4-2-10(8-17)3-5-11/h2-7,17H,8,16H2,1H3. The molecule has 2 rings (SSSR count). The summed E-state index contributed by atoms with van der Waals surface area (Å²) in [5.74, 6) is 1.36. The molecule has 0 heterocycles. The summed E-state index contributed by atoms with van der Waals surface area (Å²) in [6.07, 6.45) is 0.